The quantitative estimate of drug-likeness (QED) is 0.336. The van der Waals surface area contributed by atoms with Crippen molar-refractivity contribution in [3.8, 4) is 0 Å². The average molecular weight is 386 g/mol. The fourth-order valence-corrected chi connectivity index (χ4v) is 1.84. The maximum absolute atomic E-state index is 13.5. The molecule has 0 N–H and O–H groups in total. The summed E-state index contributed by atoms with van der Waals surface area (Å²) >= 11 is 0. The Labute approximate surface area is 140 Å². The van der Waals surface area contributed by atoms with Crippen LogP contribution < -0.4 is 0 Å². The molecular weight excluding hydrogens is 364 g/mol. The molecule has 0 aromatic heterocycles. The Hall–Kier alpha value is -1.09. The minimum atomic E-state index is -4.55. The van der Waals surface area contributed by atoms with Crippen LogP contribution in [0.3, 0.4) is 0 Å². The van der Waals surface area contributed by atoms with Crippen LogP contribution in [0.5, 0.6) is 0 Å². The van der Waals surface area contributed by atoms with Gasteiger partial charge in [-0.15, -0.1) is 0 Å². The van der Waals surface area contributed by atoms with Gasteiger partial charge in [-0.2, -0.15) is 0 Å². The molecule has 0 radical (unpaired) electrons. The third kappa shape index (κ3) is 9.84. The Kier molecular flexibility index (Phi) is 8.16. The third-order valence-electron chi connectivity index (χ3n) is 3.62. The van der Waals surface area contributed by atoms with Crippen molar-refractivity contribution in [2.75, 3.05) is 6.61 Å². The van der Waals surface area contributed by atoms with E-state index in [1.54, 1.807) is 6.92 Å². The molecule has 0 aliphatic heterocycles. The summed E-state index contributed by atoms with van der Waals surface area (Å²) in [6.07, 6.45) is -11.2. The lowest BCUT2D eigenvalue weighted by Gasteiger charge is -2.27. The van der Waals surface area contributed by atoms with Gasteiger partial charge in [-0.05, 0) is 20.3 Å². The minimum absolute atomic E-state index is 0.361. The van der Waals surface area contributed by atoms with E-state index in [0.29, 0.717) is 6.42 Å². The van der Waals surface area contributed by atoms with E-state index in [9.17, 15) is 39.9 Å². The summed E-state index contributed by atoms with van der Waals surface area (Å²) in [4.78, 5) is 11.6. The van der Waals surface area contributed by atoms with Gasteiger partial charge < -0.3 is 4.74 Å². The van der Waals surface area contributed by atoms with Gasteiger partial charge in [-0.3, -0.25) is 4.79 Å². The van der Waals surface area contributed by atoms with E-state index >= 15 is 0 Å². The summed E-state index contributed by atoms with van der Waals surface area (Å²) < 4.78 is 108. The number of carbonyl (C=O) groups is 1. The molecule has 0 heterocycles. The first-order valence-corrected chi connectivity index (χ1v) is 7.61. The Bertz CT molecular complexity index is 435. The second-order valence-corrected chi connectivity index (χ2v) is 6.64. The minimum Gasteiger partial charge on any atom is -0.465 e. The van der Waals surface area contributed by atoms with Gasteiger partial charge in [0, 0.05) is 6.42 Å². The second-order valence-electron chi connectivity index (χ2n) is 6.64. The van der Waals surface area contributed by atoms with E-state index in [4.69, 9.17) is 0 Å². The van der Waals surface area contributed by atoms with Crippen LogP contribution in [-0.4, -0.2) is 36.8 Å². The molecule has 10 heteroatoms. The first kappa shape index (κ1) is 23.9. The average Bonchev–Trinajstić information content (AvgIpc) is 2.33. The Morgan fingerprint density at radius 1 is 0.920 bits per heavy atom. The van der Waals surface area contributed by atoms with Crippen LogP contribution >= 0.6 is 0 Å². The molecule has 0 spiro atoms. The Balaban J connectivity index is 4.61. The summed E-state index contributed by atoms with van der Waals surface area (Å²) in [6.45, 7) is 3.81. The molecule has 0 atom stereocenters. The largest absolute Gasteiger partial charge is 0.465 e. The maximum atomic E-state index is 13.5. The van der Waals surface area contributed by atoms with Crippen molar-refractivity contribution >= 4 is 5.97 Å². The highest BCUT2D eigenvalue weighted by Gasteiger charge is 2.50. The van der Waals surface area contributed by atoms with Crippen molar-refractivity contribution in [2.24, 2.45) is 5.41 Å². The molecule has 0 saturated heterocycles. The number of ether oxygens (including phenoxy) is 1. The number of esters is 1. The first-order chi connectivity index (χ1) is 11.0. The first-order valence-electron chi connectivity index (χ1n) is 7.61. The number of hydrogen-bond acceptors (Lipinski definition) is 2. The van der Waals surface area contributed by atoms with Crippen molar-refractivity contribution in [2.45, 2.75) is 77.1 Å². The molecule has 0 aromatic carbocycles. The van der Waals surface area contributed by atoms with E-state index in [1.807, 2.05) is 0 Å². The molecule has 2 nitrogen and oxygen atoms in total. The fourth-order valence-electron chi connectivity index (χ4n) is 1.84. The highest BCUT2D eigenvalue weighted by molar-refractivity contribution is 5.75. The van der Waals surface area contributed by atoms with E-state index in [-0.39, 0.29) is 0 Å². The zero-order valence-electron chi connectivity index (χ0n) is 14.2. The normalized spacial score (nSPS) is 14.1. The van der Waals surface area contributed by atoms with Gasteiger partial charge in [0.2, 0.25) is 6.43 Å². The molecule has 0 saturated carbocycles. The van der Waals surface area contributed by atoms with Gasteiger partial charge in [-0.1, -0.05) is 6.92 Å². The second kappa shape index (κ2) is 8.53. The van der Waals surface area contributed by atoms with Gasteiger partial charge in [0.1, 0.15) is 0 Å². The van der Waals surface area contributed by atoms with Crippen molar-refractivity contribution in [3.63, 3.8) is 0 Å². The number of alkyl halides is 8. The van der Waals surface area contributed by atoms with Crippen LogP contribution in [0.15, 0.2) is 0 Å². The zero-order chi connectivity index (χ0) is 20.1. The standard InChI is InChI=1S/C15H22F8O2/c1-4-12(2,3)11(24)25-6-5-13(18,19)8-15(22,23)9-14(20,21)7-10(16)17/h10H,4-9H2,1-3H3. The van der Waals surface area contributed by atoms with Crippen LogP contribution in [0.4, 0.5) is 35.1 Å². The van der Waals surface area contributed by atoms with E-state index in [0.717, 1.165) is 0 Å². The lowest BCUT2D eigenvalue weighted by atomic mass is 9.91. The molecule has 0 aromatic rings. The molecule has 0 unspecified atom stereocenters. The molecular formula is C15H22F8O2. The van der Waals surface area contributed by atoms with Gasteiger partial charge in [-0.25, -0.2) is 35.1 Å². The fraction of sp³-hybridized carbons (Fsp3) is 0.933. The van der Waals surface area contributed by atoms with E-state index < -0.39 is 67.9 Å². The predicted octanol–water partition coefficient (Wildman–Crippen LogP) is 5.70. The molecule has 0 aliphatic carbocycles. The van der Waals surface area contributed by atoms with Crippen molar-refractivity contribution in [3.05, 3.63) is 0 Å². The zero-order valence-corrected chi connectivity index (χ0v) is 14.2. The maximum Gasteiger partial charge on any atom is 0.311 e. The smallest absolute Gasteiger partial charge is 0.311 e. The van der Waals surface area contributed by atoms with Crippen LogP contribution in [0.25, 0.3) is 0 Å². The number of carbonyl (C=O) groups excluding carboxylic acids is 1. The number of rotatable bonds is 11. The van der Waals surface area contributed by atoms with Crippen LogP contribution in [0.2, 0.25) is 0 Å². The molecule has 0 rings (SSSR count). The Morgan fingerprint density at radius 3 is 1.84 bits per heavy atom. The van der Waals surface area contributed by atoms with Crippen molar-refractivity contribution < 1.29 is 44.7 Å². The molecule has 0 bridgehead atoms. The van der Waals surface area contributed by atoms with Gasteiger partial charge in [0.05, 0.1) is 31.3 Å². The lowest BCUT2D eigenvalue weighted by Crippen LogP contribution is -2.37. The predicted molar refractivity (Wildman–Crippen MR) is 74.3 cm³/mol. The highest BCUT2D eigenvalue weighted by atomic mass is 19.3. The number of halogens is 8. The lowest BCUT2D eigenvalue weighted by molar-refractivity contribution is -0.172. The summed E-state index contributed by atoms with van der Waals surface area (Å²) in [6, 6.07) is 0. The Morgan fingerprint density at radius 2 is 1.40 bits per heavy atom. The molecule has 0 fully saturated rings. The summed E-state index contributed by atoms with van der Waals surface area (Å²) in [5, 5.41) is 0. The molecule has 150 valence electrons. The van der Waals surface area contributed by atoms with Crippen LogP contribution in [-0.2, 0) is 9.53 Å². The van der Waals surface area contributed by atoms with Gasteiger partial charge >= 0.3 is 5.97 Å². The number of hydrogen-bond donors (Lipinski definition) is 0. The van der Waals surface area contributed by atoms with Gasteiger partial charge in [0.25, 0.3) is 17.8 Å². The summed E-state index contributed by atoms with van der Waals surface area (Å²) in [7, 11) is 0. The van der Waals surface area contributed by atoms with E-state index in [1.165, 1.54) is 13.8 Å². The topological polar surface area (TPSA) is 26.3 Å². The van der Waals surface area contributed by atoms with Crippen LogP contribution in [0, 0.1) is 5.41 Å². The van der Waals surface area contributed by atoms with Gasteiger partial charge in [0.15, 0.2) is 0 Å². The SMILES string of the molecule is CCC(C)(C)C(=O)OCCC(F)(F)CC(F)(F)CC(F)(F)CC(F)F. The molecule has 25 heavy (non-hydrogen) atoms. The van der Waals surface area contributed by atoms with Crippen LogP contribution in [0.1, 0.15) is 52.9 Å². The van der Waals surface area contributed by atoms with E-state index in [2.05, 4.69) is 4.74 Å². The monoisotopic (exact) mass is 386 g/mol. The third-order valence-corrected chi connectivity index (χ3v) is 3.62. The van der Waals surface area contributed by atoms with Crippen molar-refractivity contribution in [1.82, 2.24) is 0 Å². The van der Waals surface area contributed by atoms with Crippen molar-refractivity contribution in [1.29, 1.82) is 0 Å². The summed E-state index contributed by atoms with van der Waals surface area (Å²) in [5.74, 6) is -13.9. The summed E-state index contributed by atoms with van der Waals surface area (Å²) in [5.41, 5.74) is -0.934. The molecule has 0 amide bonds. The molecule has 0 aliphatic rings. The highest BCUT2D eigenvalue weighted by Crippen LogP contribution is 2.41.